The van der Waals surface area contributed by atoms with Crippen LogP contribution in [0.2, 0.25) is 0 Å². The van der Waals surface area contributed by atoms with Crippen LogP contribution in [0.5, 0.6) is 0 Å². The average molecular weight is 655 g/mol. The van der Waals surface area contributed by atoms with E-state index < -0.39 is 0 Å². The van der Waals surface area contributed by atoms with Gasteiger partial charge in [-0.2, -0.15) is 0 Å². The Hall–Kier alpha value is -6.38. The fourth-order valence-electron chi connectivity index (χ4n) is 7.64. The molecule has 1 heterocycles. The third-order valence-electron chi connectivity index (χ3n) is 10.3. The highest BCUT2D eigenvalue weighted by Gasteiger charge is 2.25. The fraction of sp³-hybridized carbons (Fsp3) is 0.0612. The van der Waals surface area contributed by atoms with E-state index in [2.05, 4.69) is 217 Å². The number of rotatable bonds is 7. The molecule has 1 aromatic heterocycles. The number of para-hydroxylation sites is 2. The zero-order valence-electron chi connectivity index (χ0n) is 28.6. The van der Waals surface area contributed by atoms with Crippen molar-refractivity contribution in [2.75, 3.05) is 4.90 Å². The van der Waals surface area contributed by atoms with Crippen molar-refractivity contribution in [3.05, 3.63) is 200 Å². The molecule has 1 aliphatic rings. The lowest BCUT2D eigenvalue weighted by Gasteiger charge is -2.36. The molecule has 8 aromatic rings. The number of allylic oxidation sites excluding steroid dienone is 2. The first-order valence-corrected chi connectivity index (χ1v) is 17.8. The Morgan fingerprint density at radius 2 is 0.941 bits per heavy atom. The van der Waals surface area contributed by atoms with Crippen molar-refractivity contribution in [1.29, 1.82) is 0 Å². The molecule has 2 nitrogen and oxygen atoms in total. The van der Waals surface area contributed by atoms with Crippen LogP contribution in [0.3, 0.4) is 0 Å². The van der Waals surface area contributed by atoms with Gasteiger partial charge >= 0.3 is 0 Å². The molecule has 0 saturated carbocycles. The Kier molecular flexibility index (Phi) is 7.91. The first-order valence-electron chi connectivity index (χ1n) is 17.8. The average Bonchev–Trinajstić information content (AvgIpc) is 3.53. The molecule has 0 radical (unpaired) electrons. The molecule has 7 aromatic carbocycles. The Balaban J connectivity index is 1.12. The predicted molar refractivity (Wildman–Crippen MR) is 217 cm³/mol. The lowest BCUT2D eigenvalue weighted by Crippen LogP contribution is -2.35. The van der Waals surface area contributed by atoms with E-state index in [-0.39, 0.29) is 6.04 Å². The topological polar surface area (TPSA) is 8.17 Å². The van der Waals surface area contributed by atoms with E-state index in [4.69, 9.17) is 0 Å². The molecule has 0 N–H and O–H groups in total. The summed E-state index contributed by atoms with van der Waals surface area (Å²) in [6.45, 7) is 2.30. The third kappa shape index (κ3) is 5.75. The molecule has 2 heteroatoms. The SMILES string of the molecule is CC1C=CC=CC1N(c1ccccc1)c1ccc2c3cc(-c4ccc(-c5ccc(-c6ccccc6)cc5)cc4)ccc3n(-c3ccccc3)c2c1. The van der Waals surface area contributed by atoms with Crippen LogP contribution in [-0.2, 0) is 0 Å². The van der Waals surface area contributed by atoms with Crippen LogP contribution in [0, 0.1) is 5.92 Å². The summed E-state index contributed by atoms with van der Waals surface area (Å²) in [6.07, 6.45) is 8.96. The maximum Gasteiger partial charge on any atom is 0.0585 e. The molecule has 1 aliphatic carbocycles. The van der Waals surface area contributed by atoms with Crippen LogP contribution < -0.4 is 4.90 Å². The van der Waals surface area contributed by atoms with Crippen molar-refractivity contribution in [3.8, 4) is 39.1 Å². The van der Waals surface area contributed by atoms with Crippen LogP contribution in [0.25, 0.3) is 60.9 Å². The van der Waals surface area contributed by atoms with Crippen LogP contribution in [-0.4, -0.2) is 10.6 Å². The fourth-order valence-corrected chi connectivity index (χ4v) is 7.64. The minimum Gasteiger partial charge on any atom is -0.334 e. The summed E-state index contributed by atoms with van der Waals surface area (Å²) in [4.78, 5) is 2.49. The highest BCUT2D eigenvalue weighted by Crippen LogP contribution is 2.40. The van der Waals surface area contributed by atoms with E-state index in [1.165, 1.54) is 66.6 Å². The minimum absolute atomic E-state index is 0.209. The van der Waals surface area contributed by atoms with E-state index in [1.807, 2.05) is 0 Å². The standard InChI is InChI=1S/C49H38N2/c1-35-13-11-12-20-47(35)50(42-16-7-3-8-17-42)44-30-31-45-46-33-41(29-32-48(46)51(49(45)34-44)43-18-9-4-10-19-43)40-27-25-39(26-28-40)38-23-21-37(22-24-38)36-14-5-2-6-15-36/h2-35,47H,1H3. The zero-order valence-corrected chi connectivity index (χ0v) is 28.6. The normalized spacial score (nSPS) is 15.4. The van der Waals surface area contributed by atoms with Gasteiger partial charge < -0.3 is 9.47 Å². The summed E-state index contributed by atoms with van der Waals surface area (Å²) in [5, 5.41) is 2.49. The molecule has 0 fully saturated rings. The molecule has 2 atom stereocenters. The van der Waals surface area contributed by atoms with Gasteiger partial charge in [0.15, 0.2) is 0 Å². The van der Waals surface area contributed by atoms with Gasteiger partial charge in [0.1, 0.15) is 0 Å². The summed E-state index contributed by atoms with van der Waals surface area (Å²) >= 11 is 0. The number of hydrogen-bond acceptors (Lipinski definition) is 1. The van der Waals surface area contributed by atoms with Gasteiger partial charge in [-0.15, -0.1) is 0 Å². The smallest absolute Gasteiger partial charge is 0.0585 e. The van der Waals surface area contributed by atoms with Gasteiger partial charge in [-0.05, 0) is 87.8 Å². The first kappa shape index (κ1) is 30.7. The van der Waals surface area contributed by atoms with E-state index in [0.29, 0.717) is 5.92 Å². The first-order chi connectivity index (χ1) is 25.2. The van der Waals surface area contributed by atoms with E-state index in [1.54, 1.807) is 0 Å². The Labute approximate surface area is 299 Å². The van der Waals surface area contributed by atoms with Crippen molar-refractivity contribution in [1.82, 2.24) is 4.57 Å². The molecule has 0 bridgehead atoms. The molecule has 51 heavy (non-hydrogen) atoms. The number of aromatic nitrogens is 1. The summed E-state index contributed by atoms with van der Waals surface area (Å²) in [5.41, 5.74) is 13.3. The van der Waals surface area contributed by atoms with Gasteiger partial charge in [0.2, 0.25) is 0 Å². The molecular weight excluding hydrogens is 617 g/mol. The molecule has 0 saturated heterocycles. The number of fused-ring (bicyclic) bond motifs is 3. The van der Waals surface area contributed by atoms with E-state index in [9.17, 15) is 0 Å². The second-order valence-corrected chi connectivity index (χ2v) is 13.5. The van der Waals surface area contributed by atoms with Crippen molar-refractivity contribution in [2.45, 2.75) is 13.0 Å². The second kappa shape index (κ2) is 13.2. The molecule has 9 rings (SSSR count). The molecule has 0 amide bonds. The molecule has 244 valence electrons. The van der Waals surface area contributed by atoms with Gasteiger partial charge in [-0.3, -0.25) is 0 Å². The lowest BCUT2D eigenvalue weighted by molar-refractivity contribution is 0.609. The lowest BCUT2D eigenvalue weighted by atomic mass is 9.94. The van der Waals surface area contributed by atoms with Crippen LogP contribution in [0.4, 0.5) is 11.4 Å². The third-order valence-corrected chi connectivity index (χ3v) is 10.3. The number of nitrogens with zero attached hydrogens (tertiary/aromatic N) is 2. The van der Waals surface area contributed by atoms with Gasteiger partial charge in [-0.1, -0.05) is 159 Å². The number of hydrogen-bond donors (Lipinski definition) is 0. The minimum atomic E-state index is 0.209. The Morgan fingerprint density at radius 1 is 0.412 bits per heavy atom. The molecule has 2 unspecified atom stereocenters. The van der Waals surface area contributed by atoms with Crippen molar-refractivity contribution < 1.29 is 0 Å². The van der Waals surface area contributed by atoms with Crippen molar-refractivity contribution in [3.63, 3.8) is 0 Å². The van der Waals surface area contributed by atoms with E-state index >= 15 is 0 Å². The highest BCUT2D eigenvalue weighted by atomic mass is 15.2. The summed E-state index contributed by atoms with van der Waals surface area (Å²) in [6, 6.07) is 64.0. The predicted octanol–water partition coefficient (Wildman–Crippen LogP) is 13.1. The summed E-state index contributed by atoms with van der Waals surface area (Å²) in [5.74, 6) is 0.369. The quantitative estimate of drug-likeness (QED) is 0.166. The van der Waals surface area contributed by atoms with Crippen LogP contribution in [0.1, 0.15) is 6.92 Å². The van der Waals surface area contributed by atoms with Crippen LogP contribution in [0.15, 0.2) is 200 Å². The maximum atomic E-state index is 2.49. The molecular formula is C49H38N2. The Morgan fingerprint density at radius 3 is 1.57 bits per heavy atom. The number of anilines is 2. The van der Waals surface area contributed by atoms with E-state index in [0.717, 1.165) is 5.69 Å². The van der Waals surface area contributed by atoms with Crippen molar-refractivity contribution in [2.24, 2.45) is 5.92 Å². The summed E-state index contributed by atoms with van der Waals surface area (Å²) in [7, 11) is 0. The molecule has 0 aliphatic heterocycles. The van der Waals surface area contributed by atoms with Gasteiger partial charge in [0.05, 0.1) is 17.1 Å². The highest BCUT2D eigenvalue weighted by molar-refractivity contribution is 6.11. The largest absolute Gasteiger partial charge is 0.334 e. The Bertz CT molecular complexity index is 2510. The van der Waals surface area contributed by atoms with Crippen molar-refractivity contribution >= 4 is 33.2 Å². The second-order valence-electron chi connectivity index (χ2n) is 13.5. The monoisotopic (exact) mass is 654 g/mol. The number of benzene rings is 7. The summed E-state index contributed by atoms with van der Waals surface area (Å²) < 4.78 is 2.42. The zero-order chi connectivity index (χ0) is 34.1. The van der Waals surface area contributed by atoms with Gasteiger partial charge in [0.25, 0.3) is 0 Å². The van der Waals surface area contributed by atoms with Gasteiger partial charge in [0, 0.05) is 27.8 Å². The maximum absolute atomic E-state index is 2.49. The van der Waals surface area contributed by atoms with Crippen LogP contribution >= 0.6 is 0 Å². The van der Waals surface area contributed by atoms with Gasteiger partial charge in [-0.25, -0.2) is 0 Å². The molecule has 0 spiro atoms.